The van der Waals surface area contributed by atoms with Gasteiger partial charge in [-0.25, -0.2) is 19.3 Å². The summed E-state index contributed by atoms with van der Waals surface area (Å²) in [4.78, 5) is 51.5. The number of nitrogens with one attached hydrogen (secondary N) is 1. The molecule has 1 aliphatic rings. The van der Waals surface area contributed by atoms with Crippen LogP contribution < -0.4 is 11.1 Å². The number of methoxy groups -OCH3 is 1. The Bertz CT molecular complexity index is 651. The molecule has 0 unspecified atom stereocenters. The maximum Gasteiger partial charge on any atom is 0.417 e. The van der Waals surface area contributed by atoms with Crippen molar-refractivity contribution in [3.8, 4) is 0 Å². The van der Waals surface area contributed by atoms with Gasteiger partial charge in [-0.2, -0.15) is 0 Å². The lowest BCUT2D eigenvalue weighted by molar-refractivity contribution is -0.176. The Hall–Kier alpha value is -2.20. The number of carbonyl (C=O) groups is 4. The highest BCUT2D eigenvalue weighted by molar-refractivity contribution is 6.05. The van der Waals surface area contributed by atoms with E-state index < -0.39 is 53.3 Å². The van der Waals surface area contributed by atoms with Gasteiger partial charge in [0.1, 0.15) is 11.2 Å². The summed E-state index contributed by atoms with van der Waals surface area (Å²) < 4.78 is 15.6. The Morgan fingerprint density at radius 1 is 1.03 bits per heavy atom. The minimum absolute atomic E-state index is 0.163. The van der Waals surface area contributed by atoms with Gasteiger partial charge in [0.2, 0.25) is 11.4 Å². The Morgan fingerprint density at radius 2 is 1.59 bits per heavy atom. The number of esters is 2. The summed E-state index contributed by atoms with van der Waals surface area (Å²) in [7, 11) is 1.15. The van der Waals surface area contributed by atoms with Gasteiger partial charge in [0.05, 0.1) is 13.7 Å². The number of imide groups is 1. The molecular formula is C19H33N3O7. The van der Waals surface area contributed by atoms with Gasteiger partial charge >= 0.3 is 18.0 Å². The molecule has 1 saturated heterocycles. The molecule has 0 radical (unpaired) electrons. The van der Waals surface area contributed by atoms with Crippen LogP contribution in [0, 0.1) is 0 Å². The molecule has 0 bridgehead atoms. The van der Waals surface area contributed by atoms with Crippen molar-refractivity contribution in [1.82, 2.24) is 10.2 Å². The number of hydrogen-bond donors (Lipinski definition) is 2. The van der Waals surface area contributed by atoms with Gasteiger partial charge in [-0.15, -0.1) is 0 Å². The zero-order valence-corrected chi connectivity index (χ0v) is 18.3. The molecule has 29 heavy (non-hydrogen) atoms. The maximum atomic E-state index is 12.9. The number of hydrogen-bond acceptors (Lipinski definition) is 9. The lowest BCUT2D eigenvalue weighted by Crippen LogP contribution is -2.67. The minimum Gasteiger partial charge on any atom is -0.467 e. The third-order valence-electron chi connectivity index (χ3n) is 4.13. The van der Waals surface area contributed by atoms with Crippen molar-refractivity contribution >= 4 is 23.9 Å². The van der Waals surface area contributed by atoms with Gasteiger partial charge in [-0.05, 0) is 54.5 Å². The first-order chi connectivity index (χ1) is 13.2. The van der Waals surface area contributed by atoms with E-state index >= 15 is 0 Å². The minimum atomic E-state index is -1.86. The van der Waals surface area contributed by atoms with Crippen molar-refractivity contribution in [3.05, 3.63) is 0 Å². The average molecular weight is 415 g/mol. The van der Waals surface area contributed by atoms with Gasteiger partial charge in [0.15, 0.2) is 0 Å². The van der Waals surface area contributed by atoms with Crippen molar-refractivity contribution in [3.63, 3.8) is 0 Å². The molecule has 3 N–H and O–H groups in total. The van der Waals surface area contributed by atoms with Gasteiger partial charge in [0.25, 0.3) is 0 Å². The van der Waals surface area contributed by atoms with Crippen LogP contribution in [0.25, 0.3) is 0 Å². The fraction of sp³-hybridized carbons (Fsp3) is 0.789. The Balaban J connectivity index is 3.29. The molecule has 0 spiro atoms. The summed E-state index contributed by atoms with van der Waals surface area (Å²) in [5.74, 6) is -2.37. The van der Waals surface area contributed by atoms with E-state index in [1.165, 1.54) is 0 Å². The van der Waals surface area contributed by atoms with Crippen LogP contribution in [0.3, 0.4) is 0 Å². The van der Waals surface area contributed by atoms with E-state index in [1.807, 2.05) is 0 Å². The zero-order valence-electron chi connectivity index (χ0n) is 18.3. The zero-order chi connectivity index (χ0) is 22.6. The van der Waals surface area contributed by atoms with E-state index in [4.69, 9.17) is 19.9 Å². The number of carbonyl (C=O) groups excluding carboxylic acids is 4. The predicted molar refractivity (Wildman–Crippen MR) is 104 cm³/mol. The van der Waals surface area contributed by atoms with Crippen LogP contribution in [0.1, 0.15) is 54.4 Å². The second-order valence-corrected chi connectivity index (χ2v) is 8.92. The third-order valence-corrected chi connectivity index (χ3v) is 4.13. The lowest BCUT2D eigenvalue weighted by Gasteiger charge is -2.42. The van der Waals surface area contributed by atoms with E-state index in [1.54, 1.807) is 41.5 Å². The van der Waals surface area contributed by atoms with E-state index in [9.17, 15) is 19.2 Å². The van der Waals surface area contributed by atoms with Crippen molar-refractivity contribution < 1.29 is 33.4 Å². The monoisotopic (exact) mass is 415 g/mol. The summed E-state index contributed by atoms with van der Waals surface area (Å²) in [5, 5.41) is 2.86. The second kappa shape index (κ2) is 9.08. The molecule has 0 aromatic heterocycles. The first-order valence-corrected chi connectivity index (χ1v) is 9.49. The standard InChI is InChI=1S/C19H33N3O7/c1-17(2,3)28-15(25)19(14(24)27-7)10-12(8-9-21-19)22(13(23)11-20)16(26)29-18(4,5)6/h12,21H,8-11,20H2,1-7H3/t12-,19-/m1/s1. The topological polar surface area (TPSA) is 137 Å². The molecular weight excluding hydrogens is 382 g/mol. The molecule has 10 heteroatoms. The van der Waals surface area contributed by atoms with Gasteiger partial charge in [-0.3, -0.25) is 10.1 Å². The number of ether oxygens (including phenoxy) is 3. The molecule has 0 aromatic carbocycles. The fourth-order valence-corrected chi connectivity index (χ4v) is 3.00. The molecule has 0 aliphatic carbocycles. The summed E-state index contributed by atoms with van der Waals surface area (Å²) in [6.45, 7) is 9.73. The highest BCUT2D eigenvalue weighted by atomic mass is 16.6. The number of nitrogens with two attached hydrogens (primary N) is 1. The quantitative estimate of drug-likeness (QED) is 0.386. The van der Waals surface area contributed by atoms with Crippen LogP contribution in [0.4, 0.5) is 4.79 Å². The third kappa shape index (κ3) is 6.40. The number of rotatable bonds is 4. The van der Waals surface area contributed by atoms with Crippen LogP contribution in [0.5, 0.6) is 0 Å². The molecule has 1 aliphatic heterocycles. The average Bonchev–Trinajstić information content (AvgIpc) is 2.58. The van der Waals surface area contributed by atoms with Crippen molar-refractivity contribution in [2.45, 2.75) is 77.2 Å². The van der Waals surface area contributed by atoms with Crippen molar-refractivity contribution in [2.75, 3.05) is 20.2 Å². The fourth-order valence-electron chi connectivity index (χ4n) is 3.00. The first kappa shape index (κ1) is 24.8. The van der Waals surface area contributed by atoms with Crippen LogP contribution in [-0.2, 0) is 28.6 Å². The van der Waals surface area contributed by atoms with Crippen LogP contribution >= 0.6 is 0 Å². The molecule has 2 amide bonds. The molecule has 166 valence electrons. The van der Waals surface area contributed by atoms with E-state index in [0.717, 1.165) is 12.0 Å². The van der Waals surface area contributed by atoms with Gasteiger partial charge in [-0.1, -0.05) is 0 Å². The summed E-state index contributed by atoms with van der Waals surface area (Å²) >= 11 is 0. The number of nitrogens with zero attached hydrogens (tertiary/aromatic N) is 1. The lowest BCUT2D eigenvalue weighted by atomic mass is 9.84. The highest BCUT2D eigenvalue weighted by Crippen LogP contribution is 2.29. The summed E-state index contributed by atoms with van der Waals surface area (Å²) in [6.07, 6.45) is -0.811. The molecule has 1 rings (SSSR count). The molecule has 0 saturated carbocycles. The molecule has 0 aromatic rings. The van der Waals surface area contributed by atoms with Gasteiger partial charge in [0, 0.05) is 12.5 Å². The van der Waals surface area contributed by atoms with Gasteiger partial charge < -0.3 is 19.9 Å². The molecule has 1 heterocycles. The van der Waals surface area contributed by atoms with E-state index in [0.29, 0.717) is 6.42 Å². The highest BCUT2D eigenvalue weighted by Gasteiger charge is 2.54. The SMILES string of the molecule is COC(=O)[C@@]1(C(=O)OC(C)(C)C)C[C@H](N(C(=O)CN)C(=O)OC(C)(C)C)CCN1. The normalized spacial score (nSPS) is 22.4. The summed E-state index contributed by atoms with van der Waals surface area (Å²) in [5.41, 5.74) is 1.92. The number of piperidine rings is 1. The second-order valence-electron chi connectivity index (χ2n) is 8.92. The molecule has 2 atom stereocenters. The van der Waals surface area contributed by atoms with Crippen molar-refractivity contribution in [2.24, 2.45) is 5.73 Å². The number of amides is 2. The molecule has 1 fully saturated rings. The smallest absolute Gasteiger partial charge is 0.417 e. The van der Waals surface area contributed by atoms with E-state index in [-0.39, 0.29) is 13.0 Å². The van der Waals surface area contributed by atoms with Crippen molar-refractivity contribution in [1.29, 1.82) is 0 Å². The summed E-state index contributed by atoms with van der Waals surface area (Å²) in [6, 6.07) is -0.811. The predicted octanol–water partition coefficient (Wildman–Crippen LogP) is 0.714. The van der Waals surface area contributed by atoms with E-state index in [2.05, 4.69) is 5.32 Å². The van der Waals surface area contributed by atoms with Crippen LogP contribution in [0.2, 0.25) is 0 Å². The Morgan fingerprint density at radius 3 is 2.03 bits per heavy atom. The van der Waals surface area contributed by atoms with Crippen LogP contribution in [0.15, 0.2) is 0 Å². The Labute approximate surface area is 171 Å². The molecule has 10 nitrogen and oxygen atoms in total. The Kier molecular flexibility index (Phi) is 7.78. The van der Waals surface area contributed by atoms with Crippen LogP contribution in [-0.4, -0.2) is 71.8 Å². The first-order valence-electron chi connectivity index (χ1n) is 9.49. The largest absolute Gasteiger partial charge is 0.467 e. The maximum absolute atomic E-state index is 12.9.